The van der Waals surface area contributed by atoms with Gasteiger partial charge >= 0.3 is 0 Å². The number of thioether (sulfide) groups is 1. The molecule has 0 bridgehead atoms. The molecule has 0 amide bonds. The topological polar surface area (TPSA) is 12.0 Å². The second-order valence-electron chi connectivity index (χ2n) is 5.80. The van der Waals surface area contributed by atoms with Crippen LogP contribution in [-0.4, -0.2) is 17.5 Å². The van der Waals surface area contributed by atoms with Crippen molar-refractivity contribution in [2.45, 2.75) is 49.9 Å². The van der Waals surface area contributed by atoms with Crippen molar-refractivity contribution < 1.29 is 0 Å². The summed E-state index contributed by atoms with van der Waals surface area (Å²) in [7, 11) is 0. The van der Waals surface area contributed by atoms with Gasteiger partial charge in [-0.25, -0.2) is 0 Å². The summed E-state index contributed by atoms with van der Waals surface area (Å²) >= 11 is 3.97. The molecule has 0 spiro atoms. The fourth-order valence-corrected chi connectivity index (χ4v) is 5.07. The van der Waals surface area contributed by atoms with Crippen LogP contribution in [0.25, 0.3) is 10.1 Å². The van der Waals surface area contributed by atoms with E-state index < -0.39 is 0 Å². The first-order valence-corrected chi connectivity index (χ1v) is 9.64. The Kier molecular flexibility index (Phi) is 4.69. The predicted octanol–water partition coefficient (Wildman–Crippen LogP) is 5.23. The molecule has 1 fully saturated rings. The Balaban J connectivity index is 1.67. The number of thiophene rings is 1. The molecule has 3 unspecified atom stereocenters. The van der Waals surface area contributed by atoms with Crippen LogP contribution in [0.5, 0.6) is 0 Å². The molecular formula is C17H23NS2. The molecule has 0 saturated heterocycles. The molecule has 1 aromatic heterocycles. The van der Waals surface area contributed by atoms with Crippen molar-refractivity contribution in [3.8, 4) is 0 Å². The van der Waals surface area contributed by atoms with E-state index in [-0.39, 0.29) is 0 Å². The smallest absolute Gasteiger partial charge is 0.0388 e. The van der Waals surface area contributed by atoms with E-state index >= 15 is 0 Å². The minimum absolute atomic E-state index is 0.470. The van der Waals surface area contributed by atoms with E-state index in [9.17, 15) is 0 Å². The van der Waals surface area contributed by atoms with E-state index in [4.69, 9.17) is 0 Å². The van der Waals surface area contributed by atoms with Crippen LogP contribution in [0.3, 0.4) is 0 Å². The van der Waals surface area contributed by atoms with Gasteiger partial charge in [-0.15, -0.1) is 11.3 Å². The van der Waals surface area contributed by atoms with Gasteiger partial charge in [-0.3, -0.25) is 0 Å². The molecule has 1 saturated carbocycles. The maximum atomic E-state index is 3.86. The lowest BCUT2D eigenvalue weighted by Crippen LogP contribution is -2.36. The standard InChI is InChI=1S/C17H23NS2/c1-12(18-14-7-5-8-15(11-14)19-2)17-10-13-6-3-4-9-16(13)20-17/h3-4,6,9-10,12,14-15,18H,5,7-8,11H2,1-2H3. The molecule has 3 rings (SSSR count). The number of nitrogens with one attached hydrogen (secondary N) is 1. The Labute approximate surface area is 130 Å². The molecule has 3 atom stereocenters. The van der Waals surface area contributed by atoms with Crippen LogP contribution in [0.2, 0.25) is 0 Å². The number of fused-ring (bicyclic) bond motifs is 1. The fraction of sp³-hybridized carbons (Fsp3) is 0.529. The van der Waals surface area contributed by atoms with Crippen molar-refractivity contribution in [3.63, 3.8) is 0 Å². The summed E-state index contributed by atoms with van der Waals surface area (Å²) in [5, 5.41) is 6.10. The van der Waals surface area contributed by atoms with Crippen LogP contribution in [0.4, 0.5) is 0 Å². The number of rotatable bonds is 4. The summed E-state index contributed by atoms with van der Waals surface area (Å²) in [4.78, 5) is 1.47. The zero-order valence-corrected chi connectivity index (χ0v) is 13.9. The summed E-state index contributed by atoms with van der Waals surface area (Å²) in [5.74, 6) is 0. The average molecular weight is 306 g/mol. The van der Waals surface area contributed by atoms with Crippen molar-refractivity contribution in [3.05, 3.63) is 35.2 Å². The monoisotopic (exact) mass is 305 g/mol. The van der Waals surface area contributed by atoms with Crippen LogP contribution in [-0.2, 0) is 0 Å². The van der Waals surface area contributed by atoms with Crippen LogP contribution in [0.15, 0.2) is 30.3 Å². The summed E-state index contributed by atoms with van der Waals surface area (Å²) in [5.41, 5.74) is 0. The molecule has 0 aliphatic heterocycles. The average Bonchev–Trinajstić information content (AvgIpc) is 2.91. The van der Waals surface area contributed by atoms with Gasteiger partial charge in [-0.05, 0) is 50.0 Å². The first kappa shape index (κ1) is 14.4. The first-order valence-electron chi connectivity index (χ1n) is 7.53. The van der Waals surface area contributed by atoms with E-state index in [1.807, 2.05) is 23.1 Å². The van der Waals surface area contributed by atoms with Gasteiger partial charge in [0.25, 0.3) is 0 Å². The maximum absolute atomic E-state index is 3.86. The van der Waals surface area contributed by atoms with E-state index in [1.54, 1.807) is 0 Å². The van der Waals surface area contributed by atoms with Crippen LogP contribution < -0.4 is 5.32 Å². The largest absolute Gasteiger partial charge is 0.307 e. The molecule has 1 aliphatic carbocycles. The van der Waals surface area contributed by atoms with Crippen LogP contribution in [0, 0.1) is 0 Å². The minimum atomic E-state index is 0.470. The van der Waals surface area contributed by atoms with Crippen molar-refractivity contribution in [1.29, 1.82) is 0 Å². The second kappa shape index (κ2) is 6.50. The molecule has 2 aromatic rings. The highest BCUT2D eigenvalue weighted by Gasteiger charge is 2.23. The van der Waals surface area contributed by atoms with Gasteiger partial charge in [-0.2, -0.15) is 11.8 Å². The Hall–Kier alpha value is -0.510. The van der Waals surface area contributed by atoms with E-state index in [0.717, 1.165) is 5.25 Å². The van der Waals surface area contributed by atoms with Crippen molar-refractivity contribution in [2.75, 3.05) is 6.26 Å². The third kappa shape index (κ3) is 3.21. The van der Waals surface area contributed by atoms with Gasteiger partial charge in [-0.1, -0.05) is 24.6 Å². The lowest BCUT2D eigenvalue weighted by atomic mass is 9.94. The molecule has 0 radical (unpaired) electrons. The third-order valence-electron chi connectivity index (χ3n) is 4.32. The number of hydrogen-bond donors (Lipinski definition) is 1. The van der Waals surface area contributed by atoms with Gasteiger partial charge in [0.05, 0.1) is 0 Å². The molecule has 1 nitrogen and oxygen atoms in total. The first-order chi connectivity index (χ1) is 9.76. The third-order valence-corrected chi connectivity index (χ3v) is 6.71. The summed E-state index contributed by atoms with van der Waals surface area (Å²) in [6.45, 7) is 2.31. The van der Waals surface area contributed by atoms with Crippen molar-refractivity contribution in [2.24, 2.45) is 0 Å². The van der Waals surface area contributed by atoms with Gasteiger partial charge in [0, 0.05) is 26.9 Å². The second-order valence-corrected chi connectivity index (χ2v) is 8.05. The van der Waals surface area contributed by atoms with Gasteiger partial charge < -0.3 is 5.32 Å². The van der Waals surface area contributed by atoms with E-state index in [0.29, 0.717) is 12.1 Å². The molecule has 1 N–H and O–H groups in total. The molecular weight excluding hydrogens is 282 g/mol. The van der Waals surface area contributed by atoms with Crippen LogP contribution >= 0.6 is 23.1 Å². The highest BCUT2D eigenvalue weighted by Crippen LogP contribution is 2.32. The van der Waals surface area contributed by atoms with E-state index in [1.165, 1.54) is 40.6 Å². The molecule has 108 valence electrons. The van der Waals surface area contributed by atoms with Crippen molar-refractivity contribution in [1.82, 2.24) is 5.32 Å². The zero-order chi connectivity index (χ0) is 13.9. The molecule has 1 aliphatic rings. The highest BCUT2D eigenvalue weighted by atomic mass is 32.2. The quantitative estimate of drug-likeness (QED) is 0.830. The predicted molar refractivity (Wildman–Crippen MR) is 92.9 cm³/mol. The Morgan fingerprint density at radius 1 is 1.30 bits per heavy atom. The molecule has 3 heteroatoms. The van der Waals surface area contributed by atoms with Gasteiger partial charge in [0.2, 0.25) is 0 Å². The lowest BCUT2D eigenvalue weighted by molar-refractivity contribution is 0.355. The van der Waals surface area contributed by atoms with Crippen LogP contribution in [0.1, 0.15) is 43.5 Å². The summed E-state index contributed by atoms with van der Waals surface area (Å²) in [6.07, 6.45) is 7.70. The number of hydrogen-bond acceptors (Lipinski definition) is 3. The minimum Gasteiger partial charge on any atom is -0.307 e. The van der Waals surface area contributed by atoms with Crippen molar-refractivity contribution >= 4 is 33.2 Å². The van der Waals surface area contributed by atoms with Gasteiger partial charge in [0.1, 0.15) is 0 Å². The normalized spacial score (nSPS) is 24.9. The Morgan fingerprint density at radius 3 is 2.95 bits per heavy atom. The molecule has 20 heavy (non-hydrogen) atoms. The fourth-order valence-electron chi connectivity index (χ4n) is 3.16. The van der Waals surface area contributed by atoms with E-state index in [2.05, 4.69) is 48.8 Å². The van der Waals surface area contributed by atoms with Gasteiger partial charge in [0.15, 0.2) is 0 Å². The Morgan fingerprint density at radius 2 is 2.15 bits per heavy atom. The molecule has 1 heterocycles. The number of benzene rings is 1. The lowest BCUT2D eigenvalue weighted by Gasteiger charge is -2.30. The Bertz CT molecular complexity index is 530. The zero-order valence-electron chi connectivity index (χ0n) is 12.3. The highest BCUT2D eigenvalue weighted by molar-refractivity contribution is 7.99. The summed E-state index contributed by atoms with van der Waals surface area (Å²) in [6, 6.07) is 12.2. The molecule has 1 aromatic carbocycles. The SMILES string of the molecule is CSC1CCCC(NC(C)c2cc3ccccc3s2)C1. The summed E-state index contributed by atoms with van der Waals surface area (Å²) < 4.78 is 1.40. The maximum Gasteiger partial charge on any atom is 0.0388 e.